The van der Waals surface area contributed by atoms with Crippen molar-refractivity contribution in [1.82, 2.24) is 9.36 Å². The van der Waals surface area contributed by atoms with Gasteiger partial charge < -0.3 is 0 Å². The summed E-state index contributed by atoms with van der Waals surface area (Å²) >= 11 is 1.44. The number of carbonyl (C=O) groups excluding carboxylic acids is 2. The van der Waals surface area contributed by atoms with Crippen LogP contribution < -0.4 is 0 Å². The maximum absolute atomic E-state index is 8.12. The summed E-state index contributed by atoms with van der Waals surface area (Å²) in [5.74, 6) is 0.784. The van der Waals surface area contributed by atoms with Gasteiger partial charge >= 0.3 is 6.15 Å². The van der Waals surface area contributed by atoms with Crippen molar-refractivity contribution < 1.29 is 9.59 Å². The van der Waals surface area contributed by atoms with Crippen LogP contribution in [-0.4, -0.2) is 15.5 Å². The van der Waals surface area contributed by atoms with E-state index in [-0.39, 0.29) is 6.15 Å². The predicted molar refractivity (Wildman–Crippen MR) is 101 cm³/mol. The van der Waals surface area contributed by atoms with E-state index in [0.29, 0.717) is 0 Å². The Hall–Kier alpha value is -3.40. The number of aromatic nitrogens is 2. The molecule has 0 aliphatic carbocycles. The average Bonchev–Trinajstić information content (AvgIpc) is 3.20. The Kier molecular flexibility index (Phi) is 5.78. The van der Waals surface area contributed by atoms with Crippen molar-refractivity contribution >= 4 is 17.7 Å². The predicted octanol–water partition coefficient (Wildman–Crippen LogP) is 4.96. The van der Waals surface area contributed by atoms with Crippen LogP contribution in [0.2, 0.25) is 0 Å². The quantitative estimate of drug-likeness (QED) is 0.519. The number of hydrogen-bond acceptors (Lipinski definition) is 5. The van der Waals surface area contributed by atoms with Crippen LogP contribution in [0.3, 0.4) is 0 Å². The van der Waals surface area contributed by atoms with Gasteiger partial charge in [0.25, 0.3) is 0 Å². The third-order valence-electron chi connectivity index (χ3n) is 3.67. The molecule has 1 heterocycles. The van der Waals surface area contributed by atoms with E-state index >= 15 is 0 Å². The average molecular weight is 358 g/mol. The number of rotatable bonds is 3. The molecular formula is C21H14N2O2S. The summed E-state index contributed by atoms with van der Waals surface area (Å²) in [6, 6.07) is 28.9. The van der Waals surface area contributed by atoms with Gasteiger partial charge in [0.1, 0.15) is 5.01 Å². The van der Waals surface area contributed by atoms with Crippen molar-refractivity contribution in [2.45, 2.75) is 0 Å². The lowest BCUT2D eigenvalue weighted by molar-refractivity contribution is -0.191. The fourth-order valence-corrected chi connectivity index (χ4v) is 3.20. The summed E-state index contributed by atoms with van der Waals surface area (Å²) < 4.78 is 4.53. The Labute approximate surface area is 155 Å². The Morgan fingerprint density at radius 1 is 0.654 bits per heavy atom. The summed E-state index contributed by atoms with van der Waals surface area (Å²) in [5, 5.41) is 0.950. The van der Waals surface area contributed by atoms with Crippen LogP contribution in [0, 0.1) is 0 Å². The largest absolute Gasteiger partial charge is 0.373 e. The SMILES string of the molecule is O=C=O.c1ccc(-c2cccc(-c3nsc(-c4ccccc4)n3)c2)cc1. The molecule has 0 aliphatic heterocycles. The Morgan fingerprint density at radius 2 is 1.19 bits per heavy atom. The van der Waals surface area contributed by atoms with Crippen molar-refractivity contribution in [3.8, 4) is 33.1 Å². The highest BCUT2D eigenvalue weighted by Crippen LogP contribution is 2.28. The molecule has 26 heavy (non-hydrogen) atoms. The molecule has 0 unspecified atom stereocenters. The summed E-state index contributed by atoms with van der Waals surface area (Å²) in [4.78, 5) is 20.9. The molecule has 0 spiro atoms. The zero-order valence-electron chi connectivity index (χ0n) is 13.7. The second-order valence-electron chi connectivity index (χ2n) is 5.32. The van der Waals surface area contributed by atoms with E-state index in [0.717, 1.165) is 22.0 Å². The standard InChI is InChI=1S/C20H14N2S.CO2/c1-3-8-15(9-4-1)17-12-7-13-18(14-17)19-21-20(23-22-19)16-10-5-2-6-11-16;2-1-3/h1-14H;. The van der Waals surface area contributed by atoms with Gasteiger partial charge in [-0.3, -0.25) is 0 Å². The van der Waals surface area contributed by atoms with Gasteiger partial charge in [-0.1, -0.05) is 78.9 Å². The molecule has 0 aliphatic rings. The molecule has 0 N–H and O–H groups in total. The van der Waals surface area contributed by atoms with Gasteiger partial charge in [-0.25, -0.2) is 4.98 Å². The normalized spacial score (nSPS) is 9.69. The topological polar surface area (TPSA) is 59.9 Å². The smallest absolute Gasteiger partial charge is 0.215 e. The highest BCUT2D eigenvalue weighted by Gasteiger charge is 2.09. The molecule has 0 fully saturated rings. The van der Waals surface area contributed by atoms with E-state index in [1.165, 1.54) is 22.7 Å². The molecule has 0 saturated heterocycles. The lowest BCUT2D eigenvalue weighted by Gasteiger charge is -2.03. The van der Waals surface area contributed by atoms with E-state index in [2.05, 4.69) is 65.0 Å². The summed E-state index contributed by atoms with van der Waals surface area (Å²) in [5.41, 5.74) is 4.53. The number of hydrogen-bond donors (Lipinski definition) is 0. The van der Waals surface area contributed by atoms with Crippen molar-refractivity contribution in [3.63, 3.8) is 0 Å². The van der Waals surface area contributed by atoms with Crippen LogP contribution in [0.15, 0.2) is 84.9 Å². The zero-order chi connectivity index (χ0) is 18.2. The van der Waals surface area contributed by atoms with Gasteiger partial charge in [-0.2, -0.15) is 14.0 Å². The molecule has 0 atom stereocenters. The number of nitrogens with zero attached hydrogens (tertiary/aromatic N) is 2. The van der Waals surface area contributed by atoms with Crippen LogP contribution in [-0.2, 0) is 9.59 Å². The van der Waals surface area contributed by atoms with E-state index in [1.807, 2.05) is 24.3 Å². The maximum atomic E-state index is 8.12. The Bertz CT molecular complexity index is 1010. The van der Waals surface area contributed by atoms with Crippen molar-refractivity contribution in [1.29, 1.82) is 0 Å². The lowest BCUT2D eigenvalue weighted by Crippen LogP contribution is -1.83. The minimum Gasteiger partial charge on any atom is -0.215 e. The van der Waals surface area contributed by atoms with Gasteiger partial charge in [0.2, 0.25) is 0 Å². The van der Waals surface area contributed by atoms with Crippen LogP contribution >= 0.6 is 11.5 Å². The first-order valence-corrected chi connectivity index (χ1v) is 8.63. The highest BCUT2D eigenvalue weighted by atomic mass is 32.1. The molecule has 4 aromatic rings. The summed E-state index contributed by atoms with van der Waals surface area (Å²) in [6.07, 6.45) is 0.250. The van der Waals surface area contributed by atoms with E-state index < -0.39 is 0 Å². The first kappa shape index (κ1) is 17.4. The van der Waals surface area contributed by atoms with Gasteiger partial charge in [0, 0.05) is 11.1 Å². The molecule has 4 nitrogen and oxygen atoms in total. The maximum Gasteiger partial charge on any atom is 0.373 e. The van der Waals surface area contributed by atoms with Gasteiger partial charge in [-0.15, -0.1) is 0 Å². The summed E-state index contributed by atoms with van der Waals surface area (Å²) in [7, 11) is 0. The van der Waals surface area contributed by atoms with Crippen LogP contribution in [0.4, 0.5) is 0 Å². The minimum absolute atomic E-state index is 0.250. The van der Waals surface area contributed by atoms with Crippen LogP contribution in [0.5, 0.6) is 0 Å². The lowest BCUT2D eigenvalue weighted by atomic mass is 10.0. The van der Waals surface area contributed by atoms with Crippen LogP contribution in [0.25, 0.3) is 33.1 Å². The first-order valence-electron chi connectivity index (χ1n) is 7.86. The molecule has 4 rings (SSSR count). The Morgan fingerprint density at radius 3 is 1.85 bits per heavy atom. The molecule has 1 aromatic heterocycles. The monoisotopic (exact) mass is 358 g/mol. The highest BCUT2D eigenvalue weighted by molar-refractivity contribution is 7.09. The minimum atomic E-state index is 0.250. The zero-order valence-corrected chi connectivity index (χ0v) is 14.5. The molecule has 0 amide bonds. The summed E-state index contributed by atoms with van der Waals surface area (Å²) in [6.45, 7) is 0. The molecule has 0 saturated carbocycles. The van der Waals surface area contributed by atoms with Gasteiger partial charge in [-0.05, 0) is 28.7 Å². The van der Waals surface area contributed by atoms with E-state index in [1.54, 1.807) is 0 Å². The van der Waals surface area contributed by atoms with Crippen LogP contribution in [0.1, 0.15) is 0 Å². The van der Waals surface area contributed by atoms with Crippen molar-refractivity contribution in [3.05, 3.63) is 84.9 Å². The fraction of sp³-hybridized carbons (Fsp3) is 0. The molecule has 3 aromatic carbocycles. The third-order valence-corrected chi connectivity index (χ3v) is 4.44. The van der Waals surface area contributed by atoms with Crippen molar-refractivity contribution in [2.75, 3.05) is 0 Å². The second kappa shape index (κ2) is 8.62. The third kappa shape index (κ3) is 4.16. The molecule has 0 bridgehead atoms. The van der Waals surface area contributed by atoms with E-state index in [4.69, 9.17) is 14.6 Å². The number of benzene rings is 3. The Balaban J connectivity index is 0.000000613. The molecular weight excluding hydrogens is 344 g/mol. The molecule has 5 heteroatoms. The first-order chi connectivity index (χ1) is 12.8. The van der Waals surface area contributed by atoms with Crippen molar-refractivity contribution in [2.24, 2.45) is 0 Å². The second-order valence-corrected chi connectivity index (χ2v) is 6.07. The van der Waals surface area contributed by atoms with E-state index in [9.17, 15) is 0 Å². The van der Waals surface area contributed by atoms with Gasteiger partial charge in [0.05, 0.1) is 0 Å². The molecule has 0 radical (unpaired) electrons. The molecule has 126 valence electrons. The fourth-order valence-electron chi connectivity index (χ4n) is 2.51. The van der Waals surface area contributed by atoms with Gasteiger partial charge in [0.15, 0.2) is 5.82 Å².